The first-order valence-corrected chi connectivity index (χ1v) is 10.7. The Kier molecular flexibility index (Phi) is 6.33. The highest BCUT2D eigenvalue weighted by Crippen LogP contribution is 2.40. The highest BCUT2D eigenvalue weighted by molar-refractivity contribution is 7.99. The number of rotatable bonds is 6. The lowest BCUT2D eigenvalue weighted by molar-refractivity contribution is 0.0599. The quantitative estimate of drug-likeness (QED) is 0.479. The number of benzene rings is 2. The molecule has 6 heteroatoms. The van der Waals surface area contributed by atoms with E-state index >= 15 is 0 Å². The molecule has 0 saturated heterocycles. The smallest absolute Gasteiger partial charge is 0.338 e. The van der Waals surface area contributed by atoms with E-state index in [9.17, 15) is 9.18 Å². The van der Waals surface area contributed by atoms with Gasteiger partial charge in [0.15, 0.2) is 0 Å². The van der Waals surface area contributed by atoms with Gasteiger partial charge in [0.1, 0.15) is 11.6 Å². The Labute approximate surface area is 179 Å². The standard InChI is InChI=1S/C24H22FNO3S/c1-28-24(27)22-9-11-26-15-17(22)6-5-16-10-12-29-23-14-20(7-8-21(16)23)30-19-4-2-3-18(25)13-19/h2-4,7-9,11,13-16H,5-6,10,12H2,1H3/t16-/m0/s1. The maximum atomic E-state index is 13.4. The van der Waals surface area contributed by atoms with Crippen LogP contribution in [0.1, 0.15) is 40.2 Å². The van der Waals surface area contributed by atoms with Crippen molar-refractivity contribution in [3.8, 4) is 5.75 Å². The van der Waals surface area contributed by atoms with Crippen LogP contribution in [0.5, 0.6) is 5.75 Å². The van der Waals surface area contributed by atoms with Crippen LogP contribution in [0.4, 0.5) is 4.39 Å². The lowest BCUT2D eigenvalue weighted by atomic mass is 9.87. The van der Waals surface area contributed by atoms with Crippen molar-refractivity contribution in [3.05, 3.63) is 83.4 Å². The summed E-state index contributed by atoms with van der Waals surface area (Å²) in [5.74, 6) is 0.648. The van der Waals surface area contributed by atoms with Gasteiger partial charge in [0.25, 0.3) is 0 Å². The zero-order valence-corrected chi connectivity index (χ0v) is 17.5. The Hall–Kier alpha value is -2.86. The summed E-state index contributed by atoms with van der Waals surface area (Å²) in [7, 11) is 1.39. The second-order valence-corrected chi connectivity index (χ2v) is 8.30. The SMILES string of the molecule is COC(=O)c1ccncc1CC[C@H]1CCOc2cc(Sc3cccc(F)c3)ccc21. The number of ether oxygens (including phenoxy) is 2. The second-order valence-electron chi connectivity index (χ2n) is 7.16. The number of methoxy groups -OCH3 is 1. The Balaban J connectivity index is 1.49. The Morgan fingerprint density at radius 3 is 2.93 bits per heavy atom. The van der Waals surface area contributed by atoms with Crippen molar-refractivity contribution in [2.24, 2.45) is 0 Å². The van der Waals surface area contributed by atoms with E-state index in [1.807, 2.05) is 12.1 Å². The fourth-order valence-corrected chi connectivity index (χ4v) is 4.63. The van der Waals surface area contributed by atoms with E-state index in [1.54, 1.807) is 24.5 Å². The second kappa shape index (κ2) is 9.30. The van der Waals surface area contributed by atoms with Gasteiger partial charge in [-0.15, -0.1) is 0 Å². The lowest BCUT2D eigenvalue weighted by Crippen LogP contribution is -2.15. The fourth-order valence-electron chi connectivity index (χ4n) is 3.74. The molecule has 0 radical (unpaired) electrons. The molecule has 2 aromatic carbocycles. The molecule has 2 heterocycles. The minimum atomic E-state index is -0.334. The van der Waals surface area contributed by atoms with E-state index in [0.717, 1.165) is 40.4 Å². The van der Waals surface area contributed by atoms with Gasteiger partial charge in [0.2, 0.25) is 0 Å². The van der Waals surface area contributed by atoms with Crippen LogP contribution in [0.3, 0.4) is 0 Å². The van der Waals surface area contributed by atoms with Crippen molar-refractivity contribution in [1.29, 1.82) is 0 Å². The summed E-state index contributed by atoms with van der Waals surface area (Å²) in [6.07, 6.45) is 5.91. The van der Waals surface area contributed by atoms with Crippen LogP contribution in [-0.4, -0.2) is 24.7 Å². The van der Waals surface area contributed by atoms with E-state index in [0.29, 0.717) is 18.1 Å². The molecule has 1 aliphatic heterocycles. The number of carbonyl (C=O) groups is 1. The van der Waals surface area contributed by atoms with Gasteiger partial charge in [-0.25, -0.2) is 9.18 Å². The number of hydrogen-bond donors (Lipinski definition) is 0. The first kappa shape index (κ1) is 20.4. The summed E-state index contributed by atoms with van der Waals surface area (Å²) in [6, 6.07) is 14.5. The molecular weight excluding hydrogens is 401 g/mol. The lowest BCUT2D eigenvalue weighted by Gasteiger charge is -2.26. The molecule has 0 amide bonds. The van der Waals surface area contributed by atoms with Crippen LogP contribution in [-0.2, 0) is 11.2 Å². The Morgan fingerprint density at radius 2 is 2.10 bits per heavy atom. The molecule has 0 N–H and O–H groups in total. The third-order valence-corrected chi connectivity index (χ3v) is 6.23. The van der Waals surface area contributed by atoms with Crippen molar-refractivity contribution < 1.29 is 18.7 Å². The topological polar surface area (TPSA) is 48.4 Å². The minimum absolute atomic E-state index is 0.240. The number of halogens is 1. The molecular formula is C24H22FNO3S. The van der Waals surface area contributed by atoms with Gasteiger partial charge in [0.05, 0.1) is 19.3 Å². The summed E-state index contributed by atoms with van der Waals surface area (Å²) >= 11 is 1.51. The van der Waals surface area contributed by atoms with Gasteiger partial charge >= 0.3 is 5.97 Å². The normalized spacial score (nSPS) is 15.2. The molecule has 1 atom stereocenters. The third-order valence-electron chi connectivity index (χ3n) is 5.25. The fraction of sp³-hybridized carbons (Fsp3) is 0.250. The molecule has 4 rings (SSSR count). The minimum Gasteiger partial charge on any atom is -0.493 e. The van der Waals surface area contributed by atoms with E-state index in [-0.39, 0.29) is 11.8 Å². The van der Waals surface area contributed by atoms with Gasteiger partial charge in [-0.2, -0.15) is 0 Å². The molecule has 4 nitrogen and oxygen atoms in total. The van der Waals surface area contributed by atoms with Gasteiger partial charge in [-0.3, -0.25) is 4.98 Å². The number of nitrogens with zero attached hydrogens (tertiary/aromatic N) is 1. The highest BCUT2D eigenvalue weighted by atomic mass is 32.2. The third kappa shape index (κ3) is 4.65. The first-order valence-electron chi connectivity index (χ1n) is 9.85. The van der Waals surface area contributed by atoms with Crippen LogP contribution in [0.15, 0.2) is 70.7 Å². The summed E-state index contributed by atoms with van der Waals surface area (Å²) < 4.78 is 24.2. The van der Waals surface area contributed by atoms with Crippen molar-refractivity contribution in [1.82, 2.24) is 4.98 Å². The van der Waals surface area contributed by atoms with Crippen LogP contribution in [0, 0.1) is 5.82 Å². The summed E-state index contributed by atoms with van der Waals surface area (Å²) in [6.45, 7) is 0.655. The number of carbonyl (C=O) groups excluding carboxylic acids is 1. The number of aromatic nitrogens is 1. The van der Waals surface area contributed by atoms with Crippen LogP contribution in [0.2, 0.25) is 0 Å². The summed E-state index contributed by atoms with van der Waals surface area (Å²) in [5.41, 5.74) is 2.64. The van der Waals surface area contributed by atoms with E-state index in [1.165, 1.54) is 36.6 Å². The molecule has 0 spiro atoms. The zero-order chi connectivity index (χ0) is 20.9. The van der Waals surface area contributed by atoms with Gasteiger partial charge in [0, 0.05) is 22.2 Å². The highest BCUT2D eigenvalue weighted by Gasteiger charge is 2.23. The largest absolute Gasteiger partial charge is 0.493 e. The molecule has 1 aromatic heterocycles. The molecule has 154 valence electrons. The molecule has 0 saturated carbocycles. The maximum Gasteiger partial charge on any atom is 0.338 e. The predicted molar refractivity (Wildman–Crippen MR) is 114 cm³/mol. The zero-order valence-electron chi connectivity index (χ0n) is 16.6. The summed E-state index contributed by atoms with van der Waals surface area (Å²) in [5, 5.41) is 0. The van der Waals surface area contributed by atoms with E-state index < -0.39 is 0 Å². The van der Waals surface area contributed by atoms with Crippen molar-refractivity contribution in [2.75, 3.05) is 13.7 Å². The molecule has 1 aliphatic rings. The predicted octanol–water partition coefficient (Wildman–Crippen LogP) is 5.66. The molecule has 30 heavy (non-hydrogen) atoms. The van der Waals surface area contributed by atoms with Crippen molar-refractivity contribution >= 4 is 17.7 Å². The number of aryl methyl sites for hydroxylation is 1. The average Bonchev–Trinajstić information content (AvgIpc) is 2.77. The van der Waals surface area contributed by atoms with Gasteiger partial charge in [-0.1, -0.05) is 23.9 Å². The molecule has 0 bridgehead atoms. The molecule has 3 aromatic rings. The van der Waals surface area contributed by atoms with Gasteiger partial charge < -0.3 is 9.47 Å². The number of hydrogen-bond acceptors (Lipinski definition) is 5. The molecule has 0 fully saturated rings. The monoisotopic (exact) mass is 423 g/mol. The van der Waals surface area contributed by atoms with Crippen LogP contribution < -0.4 is 4.74 Å². The first-order chi connectivity index (χ1) is 14.6. The van der Waals surface area contributed by atoms with E-state index in [4.69, 9.17) is 9.47 Å². The molecule has 0 aliphatic carbocycles. The maximum absolute atomic E-state index is 13.4. The van der Waals surface area contributed by atoms with E-state index in [2.05, 4.69) is 17.1 Å². The number of pyridine rings is 1. The Morgan fingerprint density at radius 1 is 1.23 bits per heavy atom. The summed E-state index contributed by atoms with van der Waals surface area (Å²) in [4.78, 5) is 18.0. The number of fused-ring (bicyclic) bond motifs is 1. The number of esters is 1. The van der Waals surface area contributed by atoms with Crippen LogP contribution in [0.25, 0.3) is 0 Å². The Bertz CT molecular complexity index is 1060. The van der Waals surface area contributed by atoms with Crippen molar-refractivity contribution in [2.45, 2.75) is 35.0 Å². The average molecular weight is 424 g/mol. The van der Waals surface area contributed by atoms with Crippen molar-refractivity contribution in [3.63, 3.8) is 0 Å². The molecule has 0 unspecified atom stereocenters. The van der Waals surface area contributed by atoms with Crippen LogP contribution >= 0.6 is 11.8 Å². The van der Waals surface area contributed by atoms with Gasteiger partial charge in [-0.05, 0) is 72.7 Å².